The van der Waals surface area contributed by atoms with Crippen LogP contribution in [0, 0.1) is 0 Å². The van der Waals surface area contributed by atoms with Crippen LogP contribution in [-0.4, -0.2) is 55.5 Å². The molecule has 9 heteroatoms. The number of amides is 1. The van der Waals surface area contributed by atoms with Crippen molar-refractivity contribution < 1.29 is 13.2 Å². The van der Waals surface area contributed by atoms with Gasteiger partial charge in [0.25, 0.3) is 10.0 Å². The molecule has 0 radical (unpaired) electrons. The quantitative estimate of drug-likeness (QED) is 0.659. The Labute approximate surface area is 167 Å². The number of thiophene rings is 1. The van der Waals surface area contributed by atoms with Crippen molar-refractivity contribution in [3.63, 3.8) is 0 Å². The summed E-state index contributed by atoms with van der Waals surface area (Å²) in [5, 5.41) is 2.45. The summed E-state index contributed by atoms with van der Waals surface area (Å²) in [6.45, 7) is 1.57. The molecular weight excluding hydrogens is 412 g/mol. The van der Waals surface area contributed by atoms with Crippen molar-refractivity contribution in [3.8, 4) is 0 Å². The molecule has 0 atom stereocenters. The van der Waals surface area contributed by atoms with Crippen LogP contribution < -0.4 is 0 Å². The van der Waals surface area contributed by atoms with Crippen molar-refractivity contribution in [2.75, 3.05) is 31.9 Å². The number of carbonyl (C=O) groups excluding carboxylic acids is 1. The number of hydrogen-bond acceptors (Lipinski definition) is 5. The zero-order chi connectivity index (χ0) is 18.6. The second-order valence-electron chi connectivity index (χ2n) is 5.77. The van der Waals surface area contributed by atoms with Crippen LogP contribution in [-0.2, 0) is 14.8 Å². The van der Waals surface area contributed by atoms with Gasteiger partial charge in [-0.1, -0.05) is 17.7 Å². The second kappa shape index (κ2) is 8.75. The molecule has 1 fully saturated rings. The van der Waals surface area contributed by atoms with Gasteiger partial charge in [0.2, 0.25) is 5.91 Å². The summed E-state index contributed by atoms with van der Waals surface area (Å²) in [5.74, 6) is 0.758. The van der Waals surface area contributed by atoms with Crippen LogP contribution in [0.1, 0.15) is 6.42 Å². The molecule has 1 saturated heterocycles. The third-order valence-corrected chi connectivity index (χ3v) is 8.62. The number of sulfonamides is 1. The monoisotopic (exact) mass is 430 g/mol. The van der Waals surface area contributed by atoms with E-state index < -0.39 is 10.0 Å². The highest BCUT2D eigenvalue weighted by molar-refractivity contribution is 7.99. The molecule has 0 unspecified atom stereocenters. The van der Waals surface area contributed by atoms with Gasteiger partial charge >= 0.3 is 0 Å². The van der Waals surface area contributed by atoms with Gasteiger partial charge in [0.05, 0.1) is 0 Å². The Balaban J connectivity index is 1.45. The maximum atomic E-state index is 12.5. The molecule has 0 spiro atoms. The van der Waals surface area contributed by atoms with E-state index in [1.165, 1.54) is 15.6 Å². The van der Waals surface area contributed by atoms with Gasteiger partial charge in [-0.2, -0.15) is 4.31 Å². The highest BCUT2D eigenvalue weighted by Gasteiger charge is 2.30. The summed E-state index contributed by atoms with van der Waals surface area (Å²) < 4.78 is 26.8. The van der Waals surface area contributed by atoms with E-state index in [0.29, 0.717) is 47.6 Å². The van der Waals surface area contributed by atoms with E-state index in [9.17, 15) is 13.2 Å². The fraction of sp³-hybridized carbons (Fsp3) is 0.353. The van der Waals surface area contributed by atoms with Crippen molar-refractivity contribution in [2.45, 2.75) is 15.5 Å². The average Bonchev–Trinajstić information content (AvgIpc) is 3.19. The van der Waals surface area contributed by atoms with Gasteiger partial charge in [-0.05, 0) is 35.7 Å². The van der Waals surface area contributed by atoms with E-state index in [4.69, 9.17) is 11.6 Å². The normalized spacial score (nSPS) is 16.0. The van der Waals surface area contributed by atoms with Crippen LogP contribution in [0.2, 0.25) is 5.02 Å². The van der Waals surface area contributed by atoms with Crippen molar-refractivity contribution in [1.29, 1.82) is 0 Å². The van der Waals surface area contributed by atoms with Crippen molar-refractivity contribution in [2.24, 2.45) is 0 Å². The molecule has 2 aromatic rings. The molecule has 2 heterocycles. The summed E-state index contributed by atoms with van der Waals surface area (Å²) >= 11 is 8.69. The third kappa shape index (κ3) is 4.80. The lowest BCUT2D eigenvalue weighted by Gasteiger charge is -2.33. The molecule has 0 saturated carbocycles. The zero-order valence-corrected chi connectivity index (χ0v) is 17.2. The topological polar surface area (TPSA) is 57.7 Å². The largest absolute Gasteiger partial charge is 0.340 e. The maximum Gasteiger partial charge on any atom is 0.252 e. The molecule has 1 amide bonds. The van der Waals surface area contributed by atoms with Crippen LogP contribution in [0.25, 0.3) is 0 Å². The number of rotatable bonds is 6. The molecule has 26 heavy (non-hydrogen) atoms. The second-order valence-corrected chi connectivity index (χ2v) is 10.5. The minimum atomic E-state index is -3.43. The first-order valence-electron chi connectivity index (χ1n) is 8.16. The Morgan fingerprint density at radius 1 is 1.12 bits per heavy atom. The van der Waals surface area contributed by atoms with Crippen molar-refractivity contribution >= 4 is 50.6 Å². The molecule has 0 aliphatic carbocycles. The van der Waals surface area contributed by atoms with E-state index in [0.717, 1.165) is 4.90 Å². The smallest absolute Gasteiger partial charge is 0.252 e. The lowest BCUT2D eigenvalue weighted by atomic mass is 10.3. The van der Waals surface area contributed by atoms with Gasteiger partial charge < -0.3 is 4.90 Å². The average molecular weight is 431 g/mol. The number of benzene rings is 1. The minimum absolute atomic E-state index is 0.0691. The lowest BCUT2D eigenvalue weighted by molar-refractivity contribution is -0.131. The van der Waals surface area contributed by atoms with Gasteiger partial charge in [-0.15, -0.1) is 23.1 Å². The number of carbonyl (C=O) groups is 1. The third-order valence-electron chi connectivity index (χ3n) is 4.08. The van der Waals surface area contributed by atoms with Crippen molar-refractivity contribution in [3.05, 3.63) is 46.8 Å². The Kier molecular flexibility index (Phi) is 6.63. The predicted octanol–water partition coefficient (Wildman–Crippen LogP) is 3.42. The fourth-order valence-electron chi connectivity index (χ4n) is 2.66. The van der Waals surface area contributed by atoms with Crippen LogP contribution in [0.15, 0.2) is 50.9 Å². The molecule has 0 N–H and O–H groups in total. The number of thioether (sulfide) groups is 1. The molecule has 3 rings (SSSR count). The van der Waals surface area contributed by atoms with Crippen molar-refractivity contribution in [1.82, 2.24) is 9.21 Å². The van der Waals surface area contributed by atoms with Crippen LogP contribution in [0.5, 0.6) is 0 Å². The minimum Gasteiger partial charge on any atom is -0.340 e. The molecule has 1 aromatic heterocycles. The first-order valence-corrected chi connectivity index (χ1v) is 11.8. The van der Waals surface area contributed by atoms with Gasteiger partial charge in [-0.25, -0.2) is 8.42 Å². The van der Waals surface area contributed by atoms with E-state index in [1.54, 1.807) is 34.2 Å². The van der Waals surface area contributed by atoms with E-state index in [-0.39, 0.29) is 5.91 Å². The molecule has 0 bridgehead atoms. The standard InChI is InChI=1S/C17H19ClN2O3S3/c18-14-3-5-15(6-4-14)24-13-7-16(21)19-8-10-20(11-9-19)26(22,23)17-2-1-12-25-17/h1-6,12H,7-11,13H2. The van der Waals surface area contributed by atoms with Crippen LogP contribution in [0.4, 0.5) is 0 Å². The number of nitrogens with zero attached hydrogens (tertiary/aromatic N) is 2. The van der Waals surface area contributed by atoms with Gasteiger partial charge in [0.15, 0.2) is 0 Å². The highest BCUT2D eigenvalue weighted by Crippen LogP contribution is 2.23. The van der Waals surface area contributed by atoms with Gasteiger partial charge in [-0.3, -0.25) is 4.79 Å². The number of piperazine rings is 1. The molecule has 1 aliphatic rings. The van der Waals surface area contributed by atoms with E-state index in [1.807, 2.05) is 24.3 Å². The Morgan fingerprint density at radius 3 is 2.42 bits per heavy atom. The molecular formula is C17H19ClN2O3S3. The predicted molar refractivity (Wildman–Crippen MR) is 106 cm³/mol. The molecule has 140 valence electrons. The summed E-state index contributed by atoms with van der Waals surface area (Å²) in [7, 11) is -3.43. The van der Waals surface area contributed by atoms with E-state index in [2.05, 4.69) is 0 Å². The summed E-state index contributed by atoms with van der Waals surface area (Å²) in [5.41, 5.74) is 0. The first-order chi connectivity index (χ1) is 12.5. The Bertz CT molecular complexity index is 831. The first kappa shape index (κ1) is 19.7. The summed E-state index contributed by atoms with van der Waals surface area (Å²) in [4.78, 5) is 15.2. The Morgan fingerprint density at radius 2 is 1.81 bits per heavy atom. The molecule has 1 aromatic carbocycles. The highest BCUT2D eigenvalue weighted by atomic mass is 35.5. The van der Waals surface area contributed by atoms with E-state index >= 15 is 0 Å². The van der Waals surface area contributed by atoms with Gasteiger partial charge in [0, 0.05) is 48.3 Å². The Hall–Kier alpha value is -1.06. The zero-order valence-electron chi connectivity index (χ0n) is 14.0. The summed E-state index contributed by atoms with van der Waals surface area (Å²) in [6, 6.07) is 10.9. The maximum absolute atomic E-state index is 12.5. The summed E-state index contributed by atoms with van der Waals surface area (Å²) in [6.07, 6.45) is 0.435. The molecule has 1 aliphatic heterocycles. The van der Waals surface area contributed by atoms with Crippen LogP contribution >= 0.6 is 34.7 Å². The van der Waals surface area contributed by atoms with Crippen LogP contribution in [0.3, 0.4) is 0 Å². The SMILES string of the molecule is O=C(CCSc1ccc(Cl)cc1)N1CCN(S(=O)(=O)c2cccs2)CC1. The fourth-order valence-corrected chi connectivity index (χ4v) is 6.19. The molecule has 5 nitrogen and oxygen atoms in total. The lowest BCUT2D eigenvalue weighted by Crippen LogP contribution is -2.50. The van der Waals surface area contributed by atoms with Gasteiger partial charge in [0.1, 0.15) is 4.21 Å². The number of halogens is 1. The number of hydrogen-bond donors (Lipinski definition) is 0.